The van der Waals surface area contributed by atoms with Gasteiger partial charge in [-0.3, -0.25) is 9.59 Å². The number of amides is 2. The molecule has 1 aromatic carbocycles. The fourth-order valence-corrected chi connectivity index (χ4v) is 2.10. The number of nitrogens with zero attached hydrogens (tertiary/aromatic N) is 1. The number of likely N-dealkylation sites (N-methyl/N-ethyl adjacent to an activating group) is 1. The summed E-state index contributed by atoms with van der Waals surface area (Å²) in [7, 11) is 1.65. The van der Waals surface area contributed by atoms with Crippen molar-refractivity contribution in [3.63, 3.8) is 0 Å². The molecule has 1 atom stereocenters. The van der Waals surface area contributed by atoms with Crippen LogP contribution < -0.4 is 11.1 Å². The van der Waals surface area contributed by atoms with Gasteiger partial charge in [0.15, 0.2) is 0 Å². The number of carbonyl (C=O) groups excluding carboxylic acids is 2. The number of hydrogen-bond donors (Lipinski definition) is 2. The number of benzene rings is 1. The Morgan fingerprint density at radius 1 is 1.45 bits per heavy atom. The number of hydrogen-bond acceptors (Lipinski definition) is 3. The summed E-state index contributed by atoms with van der Waals surface area (Å²) in [6.45, 7) is 1.92. The first-order chi connectivity index (χ1) is 9.47. The molecule has 20 heavy (non-hydrogen) atoms. The average Bonchev–Trinajstić information content (AvgIpc) is 3.20. The summed E-state index contributed by atoms with van der Waals surface area (Å²) in [5.41, 5.74) is 7.23. The molecule has 0 heterocycles. The van der Waals surface area contributed by atoms with Crippen molar-refractivity contribution in [2.24, 2.45) is 0 Å². The van der Waals surface area contributed by atoms with Crippen molar-refractivity contribution < 1.29 is 9.59 Å². The Kier molecular flexibility index (Phi) is 4.27. The van der Waals surface area contributed by atoms with Crippen molar-refractivity contribution in [3.8, 4) is 0 Å². The summed E-state index contributed by atoms with van der Waals surface area (Å²) in [5, 5.41) is 2.87. The molecule has 1 aliphatic rings. The predicted molar refractivity (Wildman–Crippen MR) is 78.1 cm³/mol. The summed E-state index contributed by atoms with van der Waals surface area (Å²) in [4.78, 5) is 25.5. The minimum atomic E-state index is -0.308. The molecule has 5 nitrogen and oxygen atoms in total. The number of nitrogens with two attached hydrogens (primary N) is 1. The van der Waals surface area contributed by atoms with Gasteiger partial charge in [-0.2, -0.15) is 0 Å². The molecule has 2 rings (SSSR count). The van der Waals surface area contributed by atoms with Crippen LogP contribution in [0.3, 0.4) is 0 Å². The van der Waals surface area contributed by atoms with Crippen LogP contribution in [0.1, 0.15) is 31.2 Å². The number of nitrogens with one attached hydrogen (secondary N) is 1. The van der Waals surface area contributed by atoms with Crippen LogP contribution in [0.2, 0.25) is 0 Å². The van der Waals surface area contributed by atoms with Gasteiger partial charge in [0.05, 0.1) is 12.5 Å². The normalized spacial score (nSPS) is 15.5. The van der Waals surface area contributed by atoms with Crippen LogP contribution in [0.5, 0.6) is 0 Å². The third-order valence-electron chi connectivity index (χ3n) is 3.48. The third kappa shape index (κ3) is 3.73. The lowest BCUT2D eigenvalue weighted by Crippen LogP contribution is -2.40. The van der Waals surface area contributed by atoms with Gasteiger partial charge in [-0.1, -0.05) is 12.1 Å². The maximum absolute atomic E-state index is 12.3. The fourth-order valence-electron chi connectivity index (χ4n) is 2.10. The van der Waals surface area contributed by atoms with Crippen molar-refractivity contribution in [1.29, 1.82) is 0 Å². The molecular weight excluding hydrogens is 254 g/mol. The molecular formula is C15H21N3O2. The predicted octanol–water partition coefficient (Wildman–Crippen LogP) is 1.11. The lowest BCUT2D eigenvalue weighted by molar-refractivity contribution is -0.135. The minimum Gasteiger partial charge on any atom is -0.399 e. The van der Waals surface area contributed by atoms with E-state index in [-0.39, 0.29) is 24.3 Å². The Bertz CT molecular complexity index is 512. The Morgan fingerprint density at radius 3 is 2.75 bits per heavy atom. The van der Waals surface area contributed by atoms with Gasteiger partial charge in [-0.05, 0) is 37.5 Å². The van der Waals surface area contributed by atoms with Crippen molar-refractivity contribution in [2.75, 3.05) is 19.3 Å². The zero-order chi connectivity index (χ0) is 14.7. The highest BCUT2D eigenvalue weighted by Crippen LogP contribution is 2.20. The van der Waals surface area contributed by atoms with Crippen LogP contribution in [0, 0.1) is 0 Å². The topological polar surface area (TPSA) is 75.4 Å². The highest BCUT2D eigenvalue weighted by Gasteiger charge is 2.25. The number of anilines is 1. The quantitative estimate of drug-likeness (QED) is 0.790. The fraction of sp³-hybridized carbons (Fsp3) is 0.467. The Balaban J connectivity index is 1.93. The summed E-state index contributed by atoms with van der Waals surface area (Å²) in [5.74, 6) is -0.484. The van der Waals surface area contributed by atoms with Crippen molar-refractivity contribution in [2.45, 2.75) is 31.7 Å². The van der Waals surface area contributed by atoms with Crippen LogP contribution >= 0.6 is 0 Å². The summed E-state index contributed by atoms with van der Waals surface area (Å²) in [6, 6.07) is 7.59. The molecule has 108 valence electrons. The molecule has 0 spiro atoms. The van der Waals surface area contributed by atoms with E-state index in [1.54, 1.807) is 19.2 Å². The molecule has 0 radical (unpaired) electrons. The van der Waals surface area contributed by atoms with E-state index in [1.807, 2.05) is 19.1 Å². The highest BCUT2D eigenvalue weighted by atomic mass is 16.2. The van der Waals surface area contributed by atoms with Gasteiger partial charge in [0, 0.05) is 18.8 Å². The Labute approximate surface area is 119 Å². The van der Waals surface area contributed by atoms with Gasteiger partial charge in [-0.25, -0.2) is 0 Å². The molecule has 0 aliphatic heterocycles. The van der Waals surface area contributed by atoms with Gasteiger partial charge in [0.25, 0.3) is 0 Å². The van der Waals surface area contributed by atoms with Crippen LogP contribution in [0.4, 0.5) is 5.69 Å². The number of rotatable bonds is 5. The third-order valence-corrected chi connectivity index (χ3v) is 3.48. The van der Waals surface area contributed by atoms with Crippen LogP contribution in [0.15, 0.2) is 24.3 Å². The minimum absolute atomic E-state index is 0.0819. The van der Waals surface area contributed by atoms with Crippen LogP contribution in [-0.4, -0.2) is 36.3 Å². The Hall–Kier alpha value is -2.04. The van der Waals surface area contributed by atoms with E-state index in [2.05, 4.69) is 5.32 Å². The summed E-state index contributed by atoms with van der Waals surface area (Å²) < 4.78 is 0. The van der Waals surface area contributed by atoms with E-state index in [9.17, 15) is 9.59 Å². The lowest BCUT2D eigenvalue weighted by Gasteiger charge is -2.21. The average molecular weight is 275 g/mol. The second-order valence-electron chi connectivity index (χ2n) is 5.43. The number of carbonyl (C=O) groups is 2. The maximum Gasteiger partial charge on any atom is 0.239 e. The first-order valence-corrected chi connectivity index (χ1v) is 6.87. The van der Waals surface area contributed by atoms with E-state index in [0.717, 1.165) is 18.4 Å². The highest BCUT2D eigenvalue weighted by molar-refractivity contribution is 5.88. The van der Waals surface area contributed by atoms with E-state index < -0.39 is 0 Å². The van der Waals surface area contributed by atoms with E-state index >= 15 is 0 Å². The van der Waals surface area contributed by atoms with Gasteiger partial charge in [-0.15, -0.1) is 0 Å². The molecule has 1 aliphatic carbocycles. The second-order valence-corrected chi connectivity index (χ2v) is 5.43. The molecule has 2 amide bonds. The molecule has 1 saturated carbocycles. The van der Waals surface area contributed by atoms with Crippen LogP contribution in [-0.2, 0) is 9.59 Å². The van der Waals surface area contributed by atoms with Crippen molar-refractivity contribution >= 4 is 17.5 Å². The molecule has 0 saturated heterocycles. The monoisotopic (exact) mass is 275 g/mol. The van der Waals surface area contributed by atoms with Crippen molar-refractivity contribution in [3.05, 3.63) is 29.8 Å². The van der Waals surface area contributed by atoms with Gasteiger partial charge in [0.2, 0.25) is 11.8 Å². The number of nitrogen functional groups attached to an aromatic ring is 1. The van der Waals surface area contributed by atoms with E-state index in [0.29, 0.717) is 11.7 Å². The first-order valence-electron chi connectivity index (χ1n) is 6.87. The molecule has 5 heteroatoms. The zero-order valence-corrected chi connectivity index (χ0v) is 11.9. The SMILES string of the molecule is CC(C(=O)N(C)CC(=O)NC1CC1)c1cccc(N)c1. The smallest absolute Gasteiger partial charge is 0.239 e. The largest absolute Gasteiger partial charge is 0.399 e. The zero-order valence-electron chi connectivity index (χ0n) is 11.9. The molecule has 1 fully saturated rings. The maximum atomic E-state index is 12.3. The summed E-state index contributed by atoms with van der Waals surface area (Å²) >= 11 is 0. The van der Waals surface area contributed by atoms with E-state index in [4.69, 9.17) is 5.73 Å². The molecule has 0 aromatic heterocycles. The van der Waals surface area contributed by atoms with E-state index in [1.165, 1.54) is 4.90 Å². The molecule has 0 bridgehead atoms. The van der Waals surface area contributed by atoms with Crippen molar-refractivity contribution in [1.82, 2.24) is 10.2 Å². The second kappa shape index (κ2) is 5.94. The lowest BCUT2D eigenvalue weighted by atomic mass is 9.99. The van der Waals surface area contributed by atoms with Gasteiger partial charge < -0.3 is 16.0 Å². The molecule has 3 N–H and O–H groups in total. The molecule has 1 aromatic rings. The summed E-state index contributed by atoms with van der Waals surface area (Å²) in [6.07, 6.45) is 2.09. The first kappa shape index (κ1) is 14.4. The van der Waals surface area contributed by atoms with Gasteiger partial charge >= 0.3 is 0 Å². The van der Waals surface area contributed by atoms with Gasteiger partial charge in [0.1, 0.15) is 0 Å². The Morgan fingerprint density at radius 2 is 2.15 bits per heavy atom. The standard InChI is InChI=1S/C15H21N3O2/c1-10(11-4-3-5-12(16)8-11)15(20)18(2)9-14(19)17-13-6-7-13/h3-5,8,10,13H,6-7,9,16H2,1-2H3,(H,17,19). The van der Waals surface area contributed by atoms with Crippen LogP contribution in [0.25, 0.3) is 0 Å². The molecule has 1 unspecified atom stereocenters.